The van der Waals surface area contributed by atoms with E-state index in [1.54, 1.807) is 17.5 Å². The van der Waals surface area contributed by atoms with Gasteiger partial charge in [-0.1, -0.05) is 18.2 Å². The van der Waals surface area contributed by atoms with E-state index in [0.29, 0.717) is 16.7 Å². The molecular formula is C20H19NO5S. The highest BCUT2D eigenvalue weighted by molar-refractivity contribution is 7.12. The lowest BCUT2D eigenvalue weighted by molar-refractivity contribution is -0.145. The van der Waals surface area contributed by atoms with Crippen LogP contribution in [0.1, 0.15) is 22.5 Å². The van der Waals surface area contributed by atoms with Crippen LogP contribution in [0.2, 0.25) is 0 Å². The zero-order valence-corrected chi connectivity index (χ0v) is 15.4. The van der Waals surface area contributed by atoms with E-state index in [0.717, 1.165) is 6.42 Å². The van der Waals surface area contributed by atoms with Gasteiger partial charge in [0.15, 0.2) is 6.61 Å². The number of allylic oxidation sites excluding steroid dienone is 2. The molecule has 2 heterocycles. The summed E-state index contributed by atoms with van der Waals surface area (Å²) >= 11 is 1.29. The summed E-state index contributed by atoms with van der Waals surface area (Å²) in [6, 6.07) is 3.44. The SMILES string of the molecule is O=C(CCN1C(=O)[C@@H]2[C@H]3C=C[C@@H]([C@@H]4C[C@H]34)[C@H]2C1=O)OCC(=O)c1cccs1. The van der Waals surface area contributed by atoms with Crippen LogP contribution in [-0.4, -0.2) is 41.6 Å². The molecule has 27 heavy (non-hydrogen) atoms. The van der Waals surface area contributed by atoms with E-state index >= 15 is 0 Å². The van der Waals surface area contributed by atoms with Crippen LogP contribution in [0.25, 0.3) is 0 Å². The molecule has 6 rings (SSSR count). The fourth-order valence-electron chi connectivity index (χ4n) is 5.17. The number of rotatable bonds is 6. The third-order valence-electron chi connectivity index (χ3n) is 6.45. The van der Waals surface area contributed by atoms with E-state index in [4.69, 9.17) is 4.74 Å². The topological polar surface area (TPSA) is 80.8 Å². The van der Waals surface area contributed by atoms with Crippen LogP contribution >= 0.6 is 11.3 Å². The smallest absolute Gasteiger partial charge is 0.308 e. The monoisotopic (exact) mass is 385 g/mol. The van der Waals surface area contributed by atoms with Crippen LogP contribution in [0.4, 0.5) is 0 Å². The van der Waals surface area contributed by atoms with E-state index in [1.807, 2.05) is 0 Å². The number of amides is 2. The number of likely N-dealkylation sites (tertiary alicyclic amines) is 1. The van der Waals surface area contributed by atoms with Crippen LogP contribution in [0.3, 0.4) is 0 Å². The van der Waals surface area contributed by atoms with Crippen LogP contribution in [0.5, 0.6) is 0 Å². The maximum atomic E-state index is 12.8. The number of thiophene rings is 1. The Labute approximate surface area is 160 Å². The maximum Gasteiger partial charge on any atom is 0.308 e. The minimum absolute atomic E-state index is 0.0332. The molecule has 2 bridgehead atoms. The lowest BCUT2D eigenvalue weighted by Crippen LogP contribution is -2.40. The first-order chi connectivity index (χ1) is 13.1. The van der Waals surface area contributed by atoms with Crippen molar-refractivity contribution in [1.29, 1.82) is 0 Å². The molecule has 140 valence electrons. The number of ketones is 1. The molecule has 7 heteroatoms. The number of carbonyl (C=O) groups excluding carboxylic acids is 4. The summed E-state index contributed by atoms with van der Waals surface area (Å²) in [6.45, 7) is -0.282. The Bertz CT molecular complexity index is 824. The largest absolute Gasteiger partial charge is 0.457 e. The zero-order chi connectivity index (χ0) is 18.7. The summed E-state index contributed by atoms with van der Waals surface area (Å²) in [5.74, 6) is -0.102. The minimum Gasteiger partial charge on any atom is -0.457 e. The Morgan fingerprint density at radius 2 is 1.78 bits per heavy atom. The molecule has 0 spiro atoms. The molecule has 3 fully saturated rings. The molecule has 1 aromatic rings. The molecule has 0 N–H and O–H groups in total. The highest BCUT2D eigenvalue weighted by atomic mass is 32.1. The van der Waals surface area contributed by atoms with Gasteiger partial charge in [-0.25, -0.2) is 0 Å². The van der Waals surface area contributed by atoms with Gasteiger partial charge < -0.3 is 4.74 Å². The van der Waals surface area contributed by atoms with Gasteiger partial charge in [0.05, 0.1) is 23.1 Å². The molecule has 2 saturated carbocycles. The molecule has 0 aromatic carbocycles. The summed E-state index contributed by atoms with van der Waals surface area (Å²) in [4.78, 5) is 51.2. The normalized spacial score (nSPS) is 35.2. The third-order valence-corrected chi connectivity index (χ3v) is 7.36. The molecule has 0 radical (unpaired) electrons. The zero-order valence-electron chi connectivity index (χ0n) is 14.6. The van der Waals surface area contributed by atoms with Gasteiger partial charge in [0, 0.05) is 6.54 Å². The Morgan fingerprint density at radius 1 is 1.11 bits per heavy atom. The van der Waals surface area contributed by atoms with Crippen LogP contribution in [-0.2, 0) is 19.1 Å². The second-order valence-electron chi connectivity index (χ2n) is 7.79. The molecule has 0 unspecified atom stereocenters. The van der Waals surface area contributed by atoms with E-state index in [1.165, 1.54) is 16.2 Å². The molecule has 6 atom stereocenters. The van der Waals surface area contributed by atoms with E-state index in [-0.39, 0.29) is 60.8 Å². The first-order valence-corrected chi connectivity index (χ1v) is 10.2. The molecule has 1 aromatic heterocycles. The van der Waals surface area contributed by atoms with Gasteiger partial charge in [-0.2, -0.15) is 0 Å². The van der Waals surface area contributed by atoms with Gasteiger partial charge in [-0.05, 0) is 41.5 Å². The van der Waals surface area contributed by atoms with Crippen molar-refractivity contribution >= 4 is 34.9 Å². The highest BCUT2D eigenvalue weighted by Gasteiger charge is 2.66. The molecule has 5 aliphatic rings. The van der Waals surface area contributed by atoms with Gasteiger partial charge in [0.1, 0.15) is 0 Å². The van der Waals surface area contributed by atoms with Crippen molar-refractivity contribution in [2.75, 3.05) is 13.2 Å². The molecule has 4 aliphatic carbocycles. The quantitative estimate of drug-likeness (QED) is 0.323. The van der Waals surface area contributed by atoms with Crippen molar-refractivity contribution in [3.63, 3.8) is 0 Å². The van der Waals surface area contributed by atoms with Crippen molar-refractivity contribution in [3.8, 4) is 0 Å². The summed E-state index contributed by atoms with van der Waals surface area (Å²) in [5, 5.41) is 1.78. The number of imide groups is 1. The van der Waals surface area contributed by atoms with Crippen molar-refractivity contribution in [2.24, 2.45) is 35.5 Å². The van der Waals surface area contributed by atoms with E-state index < -0.39 is 5.97 Å². The average Bonchev–Trinajstić information content (AvgIpc) is 3.25. The van der Waals surface area contributed by atoms with Crippen molar-refractivity contribution in [3.05, 3.63) is 34.5 Å². The average molecular weight is 385 g/mol. The Balaban J connectivity index is 1.17. The summed E-state index contributed by atoms with van der Waals surface area (Å²) < 4.78 is 5.01. The number of ether oxygens (including phenoxy) is 1. The number of hydrogen-bond acceptors (Lipinski definition) is 6. The van der Waals surface area contributed by atoms with E-state index in [9.17, 15) is 19.2 Å². The van der Waals surface area contributed by atoms with Crippen molar-refractivity contribution < 1.29 is 23.9 Å². The van der Waals surface area contributed by atoms with Gasteiger partial charge in [0.2, 0.25) is 17.6 Å². The number of hydrogen-bond donors (Lipinski definition) is 0. The Kier molecular flexibility index (Phi) is 3.82. The number of carbonyl (C=O) groups is 4. The highest BCUT2D eigenvalue weighted by Crippen LogP contribution is 2.65. The second kappa shape index (κ2) is 6.12. The van der Waals surface area contributed by atoms with Crippen LogP contribution < -0.4 is 0 Å². The van der Waals surface area contributed by atoms with Gasteiger partial charge in [-0.3, -0.25) is 24.1 Å². The van der Waals surface area contributed by atoms with Gasteiger partial charge in [0.25, 0.3) is 0 Å². The molecule has 1 saturated heterocycles. The Morgan fingerprint density at radius 3 is 2.37 bits per heavy atom. The standard InChI is InChI=1S/C20H19NO5S/c22-14(15-2-1-7-27-15)9-26-16(23)5-6-21-19(24)17-10-3-4-11(13-8-12(10)13)18(17)20(21)25/h1-4,7,10-13,17-18H,5-6,8-9H2/t10-,11-,12-,13+,17+,18+/m0/s1. The lowest BCUT2D eigenvalue weighted by atomic mass is 9.63. The lowest BCUT2D eigenvalue weighted by Gasteiger charge is -2.37. The third kappa shape index (κ3) is 2.59. The fourth-order valence-corrected chi connectivity index (χ4v) is 5.82. The van der Waals surface area contributed by atoms with Crippen LogP contribution in [0.15, 0.2) is 29.7 Å². The summed E-state index contributed by atoms with van der Waals surface area (Å²) in [5.41, 5.74) is 0. The summed E-state index contributed by atoms with van der Waals surface area (Å²) in [6.07, 6.45) is 5.29. The predicted octanol–water partition coefficient (Wildman–Crippen LogP) is 1.92. The van der Waals surface area contributed by atoms with Crippen LogP contribution in [0, 0.1) is 35.5 Å². The van der Waals surface area contributed by atoms with Crippen molar-refractivity contribution in [2.45, 2.75) is 12.8 Å². The molecule has 2 amide bonds. The first-order valence-electron chi connectivity index (χ1n) is 9.32. The number of nitrogens with zero attached hydrogens (tertiary/aromatic N) is 1. The first kappa shape index (κ1) is 16.9. The van der Waals surface area contributed by atoms with Crippen molar-refractivity contribution in [1.82, 2.24) is 4.90 Å². The maximum absolute atomic E-state index is 12.8. The number of Topliss-reactive ketones (excluding diaryl/α,β-unsaturated/α-hetero) is 1. The predicted molar refractivity (Wildman–Crippen MR) is 95.6 cm³/mol. The van der Waals surface area contributed by atoms with Gasteiger partial charge >= 0.3 is 5.97 Å². The molecule has 6 nitrogen and oxygen atoms in total. The van der Waals surface area contributed by atoms with Gasteiger partial charge in [-0.15, -0.1) is 11.3 Å². The Hall–Kier alpha value is -2.28. The molecular weight excluding hydrogens is 366 g/mol. The van der Waals surface area contributed by atoms with E-state index in [2.05, 4.69) is 12.2 Å². The minimum atomic E-state index is -0.570. The number of esters is 1. The fraction of sp³-hybridized carbons (Fsp3) is 0.500. The summed E-state index contributed by atoms with van der Waals surface area (Å²) in [7, 11) is 0. The second-order valence-corrected chi connectivity index (χ2v) is 8.74. The molecule has 1 aliphatic heterocycles.